The SMILES string of the molecule is CC(=O)Nc1cn(CC(=O)NCc2c(C)nn(C)c2C)nn1. The number of nitrogens with zero attached hydrogens (tertiary/aromatic N) is 5. The first-order valence-electron chi connectivity index (χ1n) is 6.80. The standard InChI is InChI=1S/C13H19N7O2/c1-8-11(9(2)19(4)17-8)5-14-13(22)7-20-6-12(16-18-20)15-10(3)21/h6H,5,7H2,1-4H3,(H,14,22)(H,15,21). The molecule has 0 aromatic carbocycles. The highest BCUT2D eigenvalue weighted by Gasteiger charge is 2.11. The molecule has 0 aliphatic carbocycles. The number of carbonyl (C=O) groups is 2. The molecule has 2 rings (SSSR count). The number of aryl methyl sites for hydroxylation is 2. The van der Waals surface area contributed by atoms with Gasteiger partial charge >= 0.3 is 0 Å². The van der Waals surface area contributed by atoms with Gasteiger partial charge in [-0.15, -0.1) is 5.10 Å². The molecule has 0 aliphatic heterocycles. The van der Waals surface area contributed by atoms with E-state index in [1.54, 1.807) is 4.68 Å². The minimum Gasteiger partial charge on any atom is -0.350 e. The highest BCUT2D eigenvalue weighted by atomic mass is 16.2. The predicted molar refractivity (Wildman–Crippen MR) is 78.9 cm³/mol. The molecule has 2 N–H and O–H groups in total. The van der Waals surface area contributed by atoms with Crippen molar-refractivity contribution in [3.8, 4) is 0 Å². The average molecular weight is 305 g/mol. The highest BCUT2D eigenvalue weighted by molar-refractivity contribution is 5.87. The van der Waals surface area contributed by atoms with Crippen molar-refractivity contribution in [2.24, 2.45) is 7.05 Å². The van der Waals surface area contributed by atoms with Crippen molar-refractivity contribution in [3.63, 3.8) is 0 Å². The summed E-state index contributed by atoms with van der Waals surface area (Å²) in [5, 5.41) is 17.1. The van der Waals surface area contributed by atoms with E-state index in [1.165, 1.54) is 17.8 Å². The third-order valence-electron chi connectivity index (χ3n) is 3.27. The van der Waals surface area contributed by atoms with Gasteiger partial charge in [-0.25, -0.2) is 4.68 Å². The normalized spacial score (nSPS) is 10.5. The topological polar surface area (TPSA) is 107 Å². The van der Waals surface area contributed by atoms with E-state index in [2.05, 4.69) is 26.0 Å². The Kier molecular flexibility index (Phi) is 4.54. The summed E-state index contributed by atoms with van der Waals surface area (Å²) in [5.41, 5.74) is 2.92. The molecule has 9 nitrogen and oxygen atoms in total. The Balaban J connectivity index is 1.90. The van der Waals surface area contributed by atoms with E-state index in [0.29, 0.717) is 12.4 Å². The van der Waals surface area contributed by atoms with Crippen molar-refractivity contribution in [1.82, 2.24) is 30.1 Å². The maximum atomic E-state index is 11.9. The maximum absolute atomic E-state index is 11.9. The van der Waals surface area contributed by atoms with Crippen LogP contribution in [0.5, 0.6) is 0 Å². The molecule has 0 fully saturated rings. The smallest absolute Gasteiger partial charge is 0.242 e. The third kappa shape index (κ3) is 3.68. The van der Waals surface area contributed by atoms with Gasteiger partial charge < -0.3 is 10.6 Å². The molecular formula is C13H19N7O2. The summed E-state index contributed by atoms with van der Waals surface area (Å²) < 4.78 is 3.15. The van der Waals surface area contributed by atoms with Crippen LogP contribution in [0.4, 0.5) is 5.82 Å². The molecule has 2 aromatic heterocycles. The van der Waals surface area contributed by atoms with Gasteiger partial charge in [0.2, 0.25) is 11.8 Å². The fourth-order valence-corrected chi connectivity index (χ4v) is 2.08. The molecule has 0 unspecified atom stereocenters. The van der Waals surface area contributed by atoms with Gasteiger partial charge in [0.15, 0.2) is 5.82 Å². The van der Waals surface area contributed by atoms with Crippen LogP contribution in [-0.2, 0) is 29.7 Å². The lowest BCUT2D eigenvalue weighted by Crippen LogP contribution is -2.27. The number of aromatic nitrogens is 5. The van der Waals surface area contributed by atoms with E-state index in [9.17, 15) is 9.59 Å². The number of hydrogen-bond donors (Lipinski definition) is 2. The predicted octanol–water partition coefficient (Wildman–Crippen LogP) is -0.0968. The minimum atomic E-state index is -0.237. The van der Waals surface area contributed by atoms with Gasteiger partial charge in [-0.05, 0) is 13.8 Å². The first-order chi connectivity index (χ1) is 10.4. The molecular weight excluding hydrogens is 286 g/mol. The van der Waals surface area contributed by atoms with Crippen molar-refractivity contribution >= 4 is 17.6 Å². The van der Waals surface area contributed by atoms with Crippen LogP contribution < -0.4 is 10.6 Å². The summed E-state index contributed by atoms with van der Waals surface area (Å²) in [4.78, 5) is 22.8. The molecule has 0 bridgehead atoms. The molecule has 0 aliphatic rings. The molecule has 0 atom stereocenters. The van der Waals surface area contributed by atoms with Gasteiger partial charge in [-0.2, -0.15) is 5.10 Å². The quantitative estimate of drug-likeness (QED) is 0.802. The summed E-state index contributed by atoms with van der Waals surface area (Å²) in [6.45, 7) is 5.69. The molecule has 0 saturated heterocycles. The van der Waals surface area contributed by atoms with Crippen molar-refractivity contribution < 1.29 is 9.59 Å². The second-order valence-corrected chi connectivity index (χ2v) is 5.03. The Bertz CT molecular complexity index is 701. The van der Waals surface area contributed by atoms with Crippen LogP contribution in [-0.4, -0.2) is 36.6 Å². The highest BCUT2D eigenvalue weighted by Crippen LogP contribution is 2.11. The first kappa shape index (κ1) is 15.7. The molecule has 0 spiro atoms. The van der Waals surface area contributed by atoms with Crippen LogP contribution >= 0.6 is 0 Å². The third-order valence-corrected chi connectivity index (χ3v) is 3.27. The zero-order valence-corrected chi connectivity index (χ0v) is 13.0. The lowest BCUT2D eigenvalue weighted by molar-refractivity contribution is -0.122. The minimum absolute atomic E-state index is 0.0327. The molecule has 0 radical (unpaired) electrons. The average Bonchev–Trinajstić information content (AvgIpc) is 2.93. The van der Waals surface area contributed by atoms with E-state index < -0.39 is 0 Å². The Morgan fingerprint density at radius 2 is 2.05 bits per heavy atom. The zero-order valence-electron chi connectivity index (χ0n) is 13.0. The molecule has 118 valence electrons. The lowest BCUT2D eigenvalue weighted by Gasteiger charge is -2.05. The zero-order chi connectivity index (χ0) is 16.3. The van der Waals surface area contributed by atoms with Gasteiger partial charge in [0.1, 0.15) is 6.54 Å². The Labute approximate surface area is 127 Å². The Morgan fingerprint density at radius 3 is 2.64 bits per heavy atom. The van der Waals surface area contributed by atoms with E-state index in [-0.39, 0.29) is 18.4 Å². The molecule has 22 heavy (non-hydrogen) atoms. The molecule has 2 amide bonds. The monoisotopic (exact) mass is 305 g/mol. The molecule has 2 aromatic rings. The lowest BCUT2D eigenvalue weighted by atomic mass is 10.2. The van der Waals surface area contributed by atoms with Crippen molar-refractivity contribution in [1.29, 1.82) is 0 Å². The summed E-state index contributed by atoms with van der Waals surface area (Å²) in [6.07, 6.45) is 1.50. The van der Waals surface area contributed by atoms with E-state index in [0.717, 1.165) is 17.0 Å². The van der Waals surface area contributed by atoms with Gasteiger partial charge in [0.25, 0.3) is 0 Å². The van der Waals surface area contributed by atoms with Gasteiger partial charge in [-0.3, -0.25) is 14.3 Å². The van der Waals surface area contributed by atoms with Crippen LogP contribution in [0, 0.1) is 13.8 Å². The molecule has 2 heterocycles. The van der Waals surface area contributed by atoms with Crippen molar-refractivity contribution in [2.75, 3.05) is 5.32 Å². The number of anilines is 1. The summed E-state index contributed by atoms with van der Waals surface area (Å²) in [5.74, 6) is -0.111. The van der Waals surface area contributed by atoms with Gasteiger partial charge in [-0.1, -0.05) is 5.21 Å². The summed E-state index contributed by atoms with van der Waals surface area (Å²) >= 11 is 0. The van der Waals surface area contributed by atoms with Crippen LogP contribution in [0.25, 0.3) is 0 Å². The fourth-order valence-electron chi connectivity index (χ4n) is 2.08. The summed E-state index contributed by atoms with van der Waals surface area (Å²) in [6, 6.07) is 0. The van der Waals surface area contributed by atoms with Gasteiger partial charge in [0, 0.05) is 31.8 Å². The maximum Gasteiger partial charge on any atom is 0.242 e. The van der Waals surface area contributed by atoms with Crippen molar-refractivity contribution in [3.05, 3.63) is 23.1 Å². The van der Waals surface area contributed by atoms with E-state index in [1.807, 2.05) is 20.9 Å². The van der Waals surface area contributed by atoms with Crippen LogP contribution in [0.3, 0.4) is 0 Å². The van der Waals surface area contributed by atoms with E-state index in [4.69, 9.17) is 0 Å². The second kappa shape index (κ2) is 6.37. The number of carbonyl (C=O) groups excluding carboxylic acids is 2. The first-order valence-corrected chi connectivity index (χ1v) is 6.80. The van der Waals surface area contributed by atoms with Crippen LogP contribution in [0.1, 0.15) is 23.9 Å². The Morgan fingerprint density at radius 1 is 1.32 bits per heavy atom. The van der Waals surface area contributed by atoms with Crippen LogP contribution in [0.15, 0.2) is 6.20 Å². The Hall–Kier alpha value is -2.71. The van der Waals surface area contributed by atoms with E-state index >= 15 is 0 Å². The molecule has 0 saturated carbocycles. The van der Waals surface area contributed by atoms with Crippen molar-refractivity contribution in [2.45, 2.75) is 33.9 Å². The number of nitrogens with one attached hydrogen (secondary N) is 2. The number of rotatable bonds is 5. The summed E-state index contributed by atoms with van der Waals surface area (Å²) in [7, 11) is 1.87. The molecule has 9 heteroatoms. The second-order valence-electron chi connectivity index (χ2n) is 5.03. The number of hydrogen-bond acceptors (Lipinski definition) is 5. The fraction of sp³-hybridized carbons (Fsp3) is 0.462. The number of amides is 2. The van der Waals surface area contributed by atoms with Gasteiger partial charge in [0.05, 0.1) is 11.9 Å². The van der Waals surface area contributed by atoms with Crippen LogP contribution in [0.2, 0.25) is 0 Å². The largest absolute Gasteiger partial charge is 0.350 e.